The van der Waals surface area contributed by atoms with Gasteiger partial charge in [0.2, 0.25) is 10.0 Å². The minimum atomic E-state index is -3.44. The van der Waals surface area contributed by atoms with E-state index in [4.69, 9.17) is 17.3 Å². The summed E-state index contributed by atoms with van der Waals surface area (Å²) in [6.07, 6.45) is 1.63. The second-order valence-electron chi connectivity index (χ2n) is 4.60. The number of thiophene rings is 1. The molecule has 20 heavy (non-hydrogen) atoms. The molecule has 9 heteroatoms. The number of hydrogen-bond acceptors (Lipinski definition) is 5. The summed E-state index contributed by atoms with van der Waals surface area (Å²) >= 11 is 11.1. The Morgan fingerprint density at radius 2 is 2.25 bits per heavy atom. The first-order chi connectivity index (χ1) is 9.18. The first kappa shape index (κ1) is 16.1. The lowest BCUT2D eigenvalue weighted by atomic mass is 10.0. The average molecular weight is 399 g/mol. The number of nitrogens with two attached hydrogens (primary N) is 1. The van der Waals surface area contributed by atoms with E-state index in [9.17, 15) is 8.42 Å². The zero-order valence-electron chi connectivity index (χ0n) is 10.8. The number of nitrogens with zero attached hydrogens (tertiary/aromatic N) is 1. The van der Waals surface area contributed by atoms with Crippen molar-refractivity contribution < 1.29 is 8.42 Å². The fourth-order valence-electron chi connectivity index (χ4n) is 1.86. The molecule has 2 heterocycles. The molecule has 2 rings (SSSR count). The van der Waals surface area contributed by atoms with E-state index in [1.165, 1.54) is 18.4 Å². The molecule has 1 atom stereocenters. The van der Waals surface area contributed by atoms with Crippen LogP contribution in [0.4, 0.5) is 0 Å². The number of fused-ring (bicyclic) bond motifs is 1. The molecule has 0 radical (unpaired) electrons. The lowest BCUT2D eigenvalue weighted by molar-refractivity contribution is 0.531. The molecule has 0 spiro atoms. The first-order valence-corrected chi connectivity index (χ1v) is 9.25. The van der Waals surface area contributed by atoms with Gasteiger partial charge in [-0.1, -0.05) is 11.6 Å². The number of sulfonamides is 1. The Balaban J connectivity index is 2.58. The maximum absolute atomic E-state index is 11.7. The number of aromatic nitrogens is 1. The Bertz CT molecular complexity index is 758. The number of hydrogen-bond donors (Lipinski definition) is 2. The van der Waals surface area contributed by atoms with Crippen molar-refractivity contribution in [2.75, 3.05) is 12.8 Å². The maximum atomic E-state index is 11.7. The van der Waals surface area contributed by atoms with E-state index in [1.807, 2.05) is 0 Å². The van der Waals surface area contributed by atoms with Crippen LogP contribution in [0.1, 0.15) is 11.8 Å². The predicted octanol–water partition coefficient (Wildman–Crippen LogP) is 2.44. The van der Waals surface area contributed by atoms with E-state index in [1.54, 1.807) is 19.2 Å². The summed E-state index contributed by atoms with van der Waals surface area (Å²) in [6.45, 7) is 1.65. The molecule has 0 saturated heterocycles. The summed E-state index contributed by atoms with van der Waals surface area (Å²) in [7, 11) is -2.08. The van der Waals surface area contributed by atoms with E-state index in [0.29, 0.717) is 14.5 Å². The number of pyridine rings is 1. The van der Waals surface area contributed by atoms with Crippen LogP contribution in [0.2, 0.25) is 5.02 Å². The quantitative estimate of drug-likeness (QED) is 0.775. The van der Waals surface area contributed by atoms with Crippen molar-refractivity contribution >= 4 is 59.0 Å². The predicted molar refractivity (Wildman–Crippen MR) is 86.7 cm³/mol. The fourth-order valence-corrected chi connectivity index (χ4v) is 5.28. The molecular weight excluding hydrogens is 386 g/mol. The van der Waals surface area contributed by atoms with Gasteiger partial charge in [0.1, 0.15) is 4.60 Å². The molecule has 0 bridgehead atoms. The minimum Gasteiger partial charge on any atom is -0.320 e. The van der Waals surface area contributed by atoms with Gasteiger partial charge in [-0.15, -0.1) is 11.3 Å². The Hall–Kier alpha value is -0.250. The third-order valence-electron chi connectivity index (χ3n) is 2.82. The second-order valence-corrected chi connectivity index (χ2v) is 8.68. The van der Waals surface area contributed by atoms with Crippen LogP contribution in [0.25, 0.3) is 10.1 Å². The van der Waals surface area contributed by atoms with Gasteiger partial charge in [0, 0.05) is 16.5 Å². The van der Waals surface area contributed by atoms with Crippen LogP contribution in [0.15, 0.2) is 16.9 Å². The van der Waals surface area contributed by atoms with Crippen LogP contribution < -0.4 is 10.5 Å². The van der Waals surface area contributed by atoms with Gasteiger partial charge in [0.25, 0.3) is 0 Å². The summed E-state index contributed by atoms with van der Waals surface area (Å²) in [5, 5.41) is 1.29. The monoisotopic (exact) mass is 397 g/mol. The van der Waals surface area contributed by atoms with Crippen molar-refractivity contribution in [3.8, 4) is 0 Å². The molecule has 110 valence electrons. The molecular formula is C11H13BrClN3O2S2. The van der Waals surface area contributed by atoms with Gasteiger partial charge >= 0.3 is 0 Å². The molecule has 3 N–H and O–H groups in total. The van der Waals surface area contributed by atoms with Gasteiger partial charge in [-0.25, -0.2) is 18.1 Å². The van der Waals surface area contributed by atoms with Crippen LogP contribution in [-0.4, -0.2) is 26.2 Å². The van der Waals surface area contributed by atoms with Crippen molar-refractivity contribution in [1.29, 1.82) is 0 Å². The van der Waals surface area contributed by atoms with Crippen molar-refractivity contribution in [3.05, 3.63) is 26.8 Å². The highest BCUT2D eigenvalue weighted by Crippen LogP contribution is 2.42. The lowest BCUT2D eigenvalue weighted by Crippen LogP contribution is -2.43. The third kappa shape index (κ3) is 3.00. The summed E-state index contributed by atoms with van der Waals surface area (Å²) in [5.41, 5.74) is 5.10. The molecule has 0 unspecified atom stereocenters. The smallest absolute Gasteiger partial charge is 0.213 e. The summed E-state index contributed by atoms with van der Waals surface area (Å²) in [5.74, 6) is -0.242. The zero-order chi connectivity index (χ0) is 15.1. The van der Waals surface area contributed by atoms with E-state index in [2.05, 4.69) is 25.6 Å². The summed E-state index contributed by atoms with van der Waals surface area (Å²) < 4.78 is 27.2. The molecule has 0 amide bonds. The van der Waals surface area contributed by atoms with E-state index < -0.39 is 15.6 Å². The largest absolute Gasteiger partial charge is 0.320 e. The van der Waals surface area contributed by atoms with Crippen molar-refractivity contribution in [2.45, 2.75) is 12.5 Å². The molecule has 0 aromatic carbocycles. The Morgan fingerprint density at radius 1 is 1.60 bits per heavy atom. The zero-order valence-corrected chi connectivity index (χ0v) is 14.8. The van der Waals surface area contributed by atoms with Gasteiger partial charge in [0.05, 0.1) is 21.0 Å². The fraction of sp³-hybridized carbons (Fsp3) is 0.364. The highest BCUT2D eigenvalue weighted by Gasteiger charge is 2.32. The van der Waals surface area contributed by atoms with Crippen LogP contribution in [0.3, 0.4) is 0 Å². The van der Waals surface area contributed by atoms with Gasteiger partial charge in [-0.3, -0.25) is 0 Å². The van der Waals surface area contributed by atoms with Crippen LogP contribution in [0.5, 0.6) is 0 Å². The molecule has 0 aliphatic carbocycles. The Labute approximate surface area is 134 Å². The molecule has 0 fully saturated rings. The molecule has 5 nitrogen and oxygen atoms in total. The van der Waals surface area contributed by atoms with Crippen molar-refractivity contribution in [3.63, 3.8) is 0 Å². The number of rotatable bonds is 4. The molecule has 2 aromatic heterocycles. The number of halogens is 2. The normalized spacial score (nSPS) is 15.4. The van der Waals surface area contributed by atoms with Crippen molar-refractivity contribution in [2.24, 2.45) is 5.73 Å². The van der Waals surface area contributed by atoms with E-state index in [-0.39, 0.29) is 5.75 Å². The molecule has 0 aliphatic rings. The van der Waals surface area contributed by atoms with Gasteiger partial charge in [-0.2, -0.15) is 0 Å². The highest BCUT2D eigenvalue weighted by molar-refractivity contribution is 9.10. The summed E-state index contributed by atoms with van der Waals surface area (Å²) in [4.78, 5) is 4.76. The highest BCUT2D eigenvalue weighted by atomic mass is 79.9. The molecule has 2 aromatic rings. The Morgan fingerprint density at radius 3 is 2.80 bits per heavy atom. The molecule has 0 saturated carbocycles. The average Bonchev–Trinajstić information content (AvgIpc) is 2.68. The van der Waals surface area contributed by atoms with Crippen LogP contribution in [-0.2, 0) is 15.6 Å². The van der Waals surface area contributed by atoms with Crippen molar-refractivity contribution in [1.82, 2.24) is 9.71 Å². The minimum absolute atomic E-state index is 0.242. The lowest BCUT2D eigenvalue weighted by Gasteiger charge is -2.23. The molecule has 0 aliphatic heterocycles. The van der Waals surface area contributed by atoms with Crippen LogP contribution >= 0.6 is 38.9 Å². The maximum Gasteiger partial charge on any atom is 0.213 e. The van der Waals surface area contributed by atoms with Gasteiger partial charge < -0.3 is 5.73 Å². The van der Waals surface area contributed by atoms with Gasteiger partial charge in [0.15, 0.2) is 0 Å². The van der Waals surface area contributed by atoms with Crippen LogP contribution in [0, 0.1) is 0 Å². The second kappa shape index (κ2) is 5.51. The number of nitrogens with one attached hydrogen (secondary N) is 1. The standard InChI is InChI=1S/C11H13BrClN3O2S2/c1-11(14,5-20(17,18)15-2)9-7(13)6-3-4-16-10(12)8(6)19-9/h3-4,15H,5,14H2,1-2H3/t11-/m0/s1. The third-order valence-corrected chi connectivity index (χ3v) is 7.28. The van der Waals surface area contributed by atoms with E-state index in [0.717, 1.165) is 10.1 Å². The Kier molecular flexibility index (Phi) is 4.44. The SMILES string of the molecule is CNS(=O)(=O)C[C@](C)(N)c1sc2c(Br)nccc2c1Cl. The van der Waals surface area contributed by atoms with E-state index >= 15 is 0 Å². The summed E-state index contributed by atoms with van der Waals surface area (Å²) in [6, 6.07) is 1.78. The first-order valence-electron chi connectivity index (χ1n) is 5.61. The topological polar surface area (TPSA) is 85.1 Å². The van der Waals surface area contributed by atoms with Gasteiger partial charge in [-0.05, 0) is 36.0 Å².